The molecule has 1 atom stereocenters. The molecule has 0 spiro atoms. The number of benzene rings is 1. The van der Waals surface area contributed by atoms with Gasteiger partial charge in [0.15, 0.2) is 0 Å². The van der Waals surface area contributed by atoms with E-state index in [-0.39, 0.29) is 6.10 Å². The van der Waals surface area contributed by atoms with E-state index in [0.29, 0.717) is 6.54 Å². The number of thiazole rings is 1. The number of hydrogen-bond donors (Lipinski definition) is 1. The number of anilines is 1. The highest BCUT2D eigenvalue weighted by Crippen LogP contribution is 2.41. The third-order valence-electron chi connectivity index (χ3n) is 3.87. The molecule has 1 heterocycles. The highest BCUT2D eigenvalue weighted by molar-refractivity contribution is 7.09. The van der Waals surface area contributed by atoms with Crippen LogP contribution in [0.4, 0.5) is 5.69 Å². The van der Waals surface area contributed by atoms with Crippen LogP contribution in [0.5, 0.6) is 0 Å². The fourth-order valence-corrected chi connectivity index (χ4v) is 3.37. The lowest BCUT2D eigenvalue weighted by Gasteiger charge is -2.26. The van der Waals surface area contributed by atoms with Gasteiger partial charge in [-0.3, -0.25) is 0 Å². The summed E-state index contributed by atoms with van der Waals surface area (Å²) in [5.74, 6) is 0.718. The monoisotopic (exact) mass is 302 g/mol. The molecule has 0 saturated heterocycles. The highest BCUT2D eigenvalue weighted by Gasteiger charge is 2.26. The standard InChI is InChI=1S/C17H22N2OS/c1-2-16(20)11-19(15-6-4-3-5-7-15)10-14-12-21-17(18-14)13-8-9-13/h3-7,12-13,16,20H,2,8-11H2,1H3. The molecule has 3 rings (SSSR count). The molecule has 1 N–H and O–H groups in total. The Hall–Kier alpha value is -1.39. The van der Waals surface area contributed by atoms with Gasteiger partial charge in [-0.25, -0.2) is 4.98 Å². The second kappa shape index (κ2) is 6.58. The van der Waals surface area contributed by atoms with Crippen molar-refractivity contribution in [1.29, 1.82) is 0 Å². The average molecular weight is 302 g/mol. The molecule has 21 heavy (non-hydrogen) atoms. The van der Waals surface area contributed by atoms with Crippen molar-refractivity contribution in [3.8, 4) is 0 Å². The van der Waals surface area contributed by atoms with Crippen molar-refractivity contribution in [3.63, 3.8) is 0 Å². The number of rotatable bonds is 7. The van der Waals surface area contributed by atoms with Crippen molar-refractivity contribution >= 4 is 17.0 Å². The first-order valence-corrected chi connectivity index (χ1v) is 8.56. The maximum Gasteiger partial charge on any atom is 0.0960 e. The SMILES string of the molecule is CCC(O)CN(Cc1csc(C2CC2)n1)c1ccccc1. The van der Waals surface area contributed by atoms with E-state index in [1.165, 1.54) is 17.8 Å². The van der Waals surface area contributed by atoms with E-state index in [0.717, 1.165) is 30.3 Å². The first-order valence-electron chi connectivity index (χ1n) is 7.68. The first kappa shape index (κ1) is 14.5. The van der Waals surface area contributed by atoms with Gasteiger partial charge in [0.1, 0.15) is 0 Å². The molecule has 3 nitrogen and oxygen atoms in total. The third-order valence-corrected chi connectivity index (χ3v) is 4.93. The van der Waals surface area contributed by atoms with Gasteiger partial charge in [-0.2, -0.15) is 0 Å². The van der Waals surface area contributed by atoms with Gasteiger partial charge in [0.2, 0.25) is 0 Å². The fourth-order valence-electron chi connectivity index (χ4n) is 2.39. The summed E-state index contributed by atoms with van der Waals surface area (Å²) in [6.45, 7) is 3.43. The van der Waals surface area contributed by atoms with Crippen LogP contribution >= 0.6 is 11.3 Å². The number of hydrogen-bond acceptors (Lipinski definition) is 4. The van der Waals surface area contributed by atoms with Gasteiger partial charge < -0.3 is 10.0 Å². The zero-order chi connectivity index (χ0) is 14.7. The molecular weight excluding hydrogens is 280 g/mol. The molecule has 0 radical (unpaired) electrons. The van der Waals surface area contributed by atoms with E-state index in [2.05, 4.69) is 22.4 Å². The molecule has 1 unspecified atom stereocenters. The van der Waals surface area contributed by atoms with Gasteiger partial charge in [0.05, 0.1) is 23.4 Å². The molecular formula is C17H22N2OS. The molecule has 0 bridgehead atoms. The van der Waals surface area contributed by atoms with E-state index in [1.54, 1.807) is 11.3 Å². The number of aromatic nitrogens is 1. The van der Waals surface area contributed by atoms with E-state index in [9.17, 15) is 5.11 Å². The molecule has 1 aromatic heterocycles. The maximum absolute atomic E-state index is 10.0. The molecule has 2 aromatic rings. The minimum atomic E-state index is -0.299. The largest absolute Gasteiger partial charge is 0.391 e. The number of para-hydroxylation sites is 1. The summed E-state index contributed by atoms with van der Waals surface area (Å²) in [5, 5.41) is 13.5. The summed E-state index contributed by atoms with van der Waals surface area (Å²) in [4.78, 5) is 6.99. The molecule has 1 fully saturated rings. The maximum atomic E-state index is 10.0. The summed E-state index contributed by atoms with van der Waals surface area (Å²) in [6, 6.07) is 10.3. The minimum absolute atomic E-state index is 0.299. The molecule has 1 aromatic carbocycles. The van der Waals surface area contributed by atoms with Crippen LogP contribution in [0.15, 0.2) is 35.7 Å². The van der Waals surface area contributed by atoms with Crippen LogP contribution in [0.2, 0.25) is 0 Å². The lowest BCUT2D eigenvalue weighted by Crippen LogP contribution is -2.31. The predicted octanol–water partition coefficient (Wildman–Crippen LogP) is 3.80. The van der Waals surface area contributed by atoms with Crippen molar-refractivity contribution < 1.29 is 5.11 Å². The van der Waals surface area contributed by atoms with E-state index in [4.69, 9.17) is 4.98 Å². The van der Waals surface area contributed by atoms with Crippen LogP contribution in [0.1, 0.15) is 42.8 Å². The van der Waals surface area contributed by atoms with Gasteiger partial charge in [-0.1, -0.05) is 25.1 Å². The van der Waals surface area contributed by atoms with Crippen LogP contribution in [0, 0.1) is 0 Å². The number of nitrogens with zero attached hydrogens (tertiary/aromatic N) is 2. The van der Waals surface area contributed by atoms with Gasteiger partial charge in [-0.15, -0.1) is 11.3 Å². The minimum Gasteiger partial charge on any atom is -0.391 e. The highest BCUT2D eigenvalue weighted by atomic mass is 32.1. The lowest BCUT2D eigenvalue weighted by molar-refractivity contribution is 0.175. The normalized spacial score (nSPS) is 15.9. The molecule has 4 heteroatoms. The zero-order valence-corrected chi connectivity index (χ0v) is 13.2. The lowest BCUT2D eigenvalue weighted by atomic mass is 10.2. The molecule has 1 saturated carbocycles. The average Bonchev–Trinajstić information content (AvgIpc) is 3.27. The number of aliphatic hydroxyl groups is 1. The van der Waals surface area contributed by atoms with E-state index < -0.39 is 0 Å². The van der Waals surface area contributed by atoms with Crippen molar-refractivity contribution in [2.24, 2.45) is 0 Å². The Kier molecular flexibility index (Phi) is 4.56. The molecule has 112 valence electrons. The van der Waals surface area contributed by atoms with Crippen LogP contribution < -0.4 is 4.90 Å². The van der Waals surface area contributed by atoms with Crippen molar-refractivity contribution in [1.82, 2.24) is 4.98 Å². The summed E-state index contributed by atoms with van der Waals surface area (Å²) in [7, 11) is 0. The smallest absolute Gasteiger partial charge is 0.0960 e. The van der Waals surface area contributed by atoms with E-state index >= 15 is 0 Å². The van der Waals surface area contributed by atoms with E-state index in [1.807, 2.05) is 25.1 Å². The van der Waals surface area contributed by atoms with Gasteiger partial charge in [0, 0.05) is 23.5 Å². The summed E-state index contributed by atoms with van der Waals surface area (Å²) in [6.07, 6.45) is 3.06. The summed E-state index contributed by atoms with van der Waals surface area (Å²) < 4.78 is 0. The van der Waals surface area contributed by atoms with Gasteiger partial charge in [0.25, 0.3) is 0 Å². The second-order valence-electron chi connectivity index (χ2n) is 5.73. The van der Waals surface area contributed by atoms with Crippen molar-refractivity contribution in [2.45, 2.75) is 44.8 Å². The molecule has 1 aliphatic rings. The second-order valence-corrected chi connectivity index (χ2v) is 6.62. The van der Waals surface area contributed by atoms with Crippen molar-refractivity contribution in [3.05, 3.63) is 46.4 Å². The van der Waals surface area contributed by atoms with Crippen LogP contribution in [-0.4, -0.2) is 22.7 Å². The first-order chi connectivity index (χ1) is 10.3. The fraction of sp³-hybridized carbons (Fsp3) is 0.471. The summed E-state index contributed by atoms with van der Waals surface area (Å²) >= 11 is 1.78. The summed E-state index contributed by atoms with van der Waals surface area (Å²) in [5.41, 5.74) is 2.26. The van der Waals surface area contributed by atoms with Crippen LogP contribution in [0.3, 0.4) is 0 Å². The Bertz CT molecular complexity index is 565. The quantitative estimate of drug-likeness (QED) is 0.845. The molecule has 1 aliphatic carbocycles. The molecule has 0 amide bonds. The molecule has 0 aliphatic heterocycles. The Morgan fingerprint density at radius 3 is 2.76 bits per heavy atom. The van der Waals surface area contributed by atoms with Crippen LogP contribution in [0.25, 0.3) is 0 Å². The van der Waals surface area contributed by atoms with Gasteiger partial charge in [-0.05, 0) is 31.4 Å². The predicted molar refractivity (Wildman–Crippen MR) is 87.9 cm³/mol. The third kappa shape index (κ3) is 3.83. The Morgan fingerprint density at radius 1 is 1.33 bits per heavy atom. The number of aliphatic hydroxyl groups excluding tert-OH is 1. The Labute approximate surface area is 130 Å². The van der Waals surface area contributed by atoms with Crippen LogP contribution in [-0.2, 0) is 6.54 Å². The zero-order valence-electron chi connectivity index (χ0n) is 12.4. The topological polar surface area (TPSA) is 36.4 Å². The Balaban J connectivity index is 1.74. The Morgan fingerprint density at radius 2 is 2.10 bits per heavy atom. The van der Waals surface area contributed by atoms with Gasteiger partial charge >= 0.3 is 0 Å². The van der Waals surface area contributed by atoms with Crippen molar-refractivity contribution in [2.75, 3.05) is 11.4 Å².